The lowest BCUT2D eigenvalue weighted by molar-refractivity contribution is 0.0185. The Hall–Kier alpha value is -3.06. The van der Waals surface area contributed by atoms with Gasteiger partial charge >= 0.3 is 0 Å². The molecule has 1 aromatic carbocycles. The number of aromatic amines is 1. The minimum atomic E-state index is -0.702. The van der Waals surface area contributed by atoms with Crippen molar-refractivity contribution in [2.75, 3.05) is 6.61 Å². The molecule has 6 nitrogen and oxygen atoms in total. The topological polar surface area (TPSA) is 98.1 Å². The summed E-state index contributed by atoms with van der Waals surface area (Å²) in [4.78, 5) is 29.0. The van der Waals surface area contributed by atoms with Gasteiger partial charge < -0.3 is 15.5 Å². The molecule has 3 aromatic rings. The van der Waals surface area contributed by atoms with Crippen molar-refractivity contribution < 1.29 is 13.9 Å². The molecule has 3 N–H and O–H groups in total. The first-order chi connectivity index (χ1) is 15.0. The summed E-state index contributed by atoms with van der Waals surface area (Å²) in [5.41, 5.74) is 9.09. The molecule has 2 atom stereocenters. The Morgan fingerprint density at radius 2 is 2.03 bits per heavy atom. The first-order valence-electron chi connectivity index (χ1n) is 10.6. The molecule has 1 fully saturated rings. The molecule has 7 heteroatoms. The van der Waals surface area contributed by atoms with Gasteiger partial charge in [-0.25, -0.2) is 4.39 Å². The number of hydrogen-bond donors (Lipinski definition) is 2. The van der Waals surface area contributed by atoms with Crippen LogP contribution in [0.15, 0.2) is 41.5 Å². The molecule has 1 aliphatic carbocycles. The number of rotatable bonds is 2. The van der Waals surface area contributed by atoms with Crippen LogP contribution in [0.3, 0.4) is 0 Å². The SMILES string of the molecule is CC1CC(c2ccc(F)c3c2CCC3)CCO1.NC(=O)c1nccc2[nH]ccc(=O)c12. The van der Waals surface area contributed by atoms with Crippen LogP contribution >= 0.6 is 0 Å². The van der Waals surface area contributed by atoms with Gasteiger partial charge in [-0.2, -0.15) is 0 Å². The maximum atomic E-state index is 13.7. The quantitative estimate of drug-likeness (QED) is 0.658. The molecule has 31 heavy (non-hydrogen) atoms. The zero-order chi connectivity index (χ0) is 22.0. The van der Waals surface area contributed by atoms with Gasteiger partial charge in [-0.15, -0.1) is 0 Å². The minimum absolute atomic E-state index is 0.00126. The number of aromatic nitrogens is 2. The van der Waals surface area contributed by atoms with Crippen LogP contribution < -0.4 is 11.2 Å². The second-order valence-electron chi connectivity index (χ2n) is 8.14. The highest BCUT2D eigenvalue weighted by Crippen LogP contribution is 2.37. The molecular weight excluding hydrogens is 397 g/mol. The van der Waals surface area contributed by atoms with E-state index in [4.69, 9.17) is 10.5 Å². The van der Waals surface area contributed by atoms with Crippen LogP contribution in [-0.4, -0.2) is 28.6 Å². The van der Waals surface area contributed by atoms with Crippen molar-refractivity contribution in [2.24, 2.45) is 5.73 Å². The highest BCUT2D eigenvalue weighted by atomic mass is 19.1. The van der Waals surface area contributed by atoms with E-state index in [9.17, 15) is 14.0 Å². The number of benzene rings is 1. The monoisotopic (exact) mass is 423 g/mol. The van der Waals surface area contributed by atoms with Gasteiger partial charge in [0.25, 0.3) is 5.91 Å². The van der Waals surface area contributed by atoms with E-state index in [1.807, 2.05) is 6.07 Å². The number of hydrogen-bond acceptors (Lipinski definition) is 4. The summed E-state index contributed by atoms with van der Waals surface area (Å²) in [6.45, 7) is 2.98. The maximum absolute atomic E-state index is 13.7. The molecular formula is C24H26FN3O3. The van der Waals surface area contributed by atoms with E-state index in [1.54, 1.807) is 12.1 Å². The van der Waals surface area contributed by atoms with Crippen molar-refractivity contribution in [1.82, 2.24) is 9.97 Å². The number of amides is 1. The second-order valence-corrected chi connectivity index (χ2v) is 8.14. The van der Waals surface area contributed by atoms with Gasteiger partial charge in [0.05, 0.1) is 17.0 Å². The number of carbonyl (C=O) groups excluding carboxylic acids is 1. The van der Waals surface area contributed by atoms with E-state index in [-0.39, 0.29) is 22.3 Å². The van der Waals surface area contributed by atoms with E-state index in [1.165, 1.54) is 29.6 Å². The third-order valence-electron chi connectivity index (χ3n) is 6.09. The molecule has 5 rings (SSSR count). The number of primary amides is 1. The molecule has 2 unspecified atom stereocenters. The number of carbonyl (C=O) groups is 1. The lowest BCUT2D eigenvalue weighted by atomic mass is 9.85. The molecule has 0 bridgehead atoms. The van der Waals surface area contributed by atoms with Crippen LogP contribution in [-0.2, 0) is 17.6 Å². The summed E-state index contributed by atoms with van der Waals surface area (Å²) in [6, 6.07) is 6.63. The van der Waals surface area contributed by atoms with Crippen molar-refractivity contribution >= 4 is 16.8 Å². The fraction of sp³-hybridized carbons (Fsp3) is 0.375. The summed E-state index contributed by atoms with van der Waals surface area (Å²) in [5, 5.41) is 0.238. The fourth-order valence-electron chi connectivity index (χ4n) is 4.66. The van der Waals surface area contributed by atoms with Crippen LogP contribution in [0, 0.1) is 5.82 Å². The van der Waals surface area contributed by atoms with Crippen LogP contribution in [0.2, 0.25) is 0 Å². The Labute approximate surface area is 179 Å². The van der Waals surface area contributed by atoms with Crippen molar-refractivity contribution in [3.63, 3.8) is 0 Å². The highest BCUT2D eigenvalue weighted by Gasteiger charge is 2.26. The minimum Gasteiger partial charge on any atom is -0.378 e. The van der Waals surface area contributed by atoms with Crippen LogP contribution in [0.25, 0.3) is 10.9 Å². The number of pyridine rings is 2. The predicted octanol–water partition coefficient (Wildman–Crippen LogP) is 3.62. The summed E-state index contributed by atoms with van der Waals surface area (Å²) in [7, 11) is 0. The smallest absolute Gasteiger partial charge is 0.268 e. The Morgan fingerprint density at radius 3 is 2.81 bits per heavy atom. The van der Waals surface area contributed by atoms with Gasteiger partial charge in [0.1, 0.15) is 11.5 Å². The summed E-state index contributed by atoms with van der Waals surface area (Å²) in [5.74, 6) is -0.125. The predicted molar refractivity (Wildman–Crippen MR) is 117 cm³/mol. The average Bonchev–Trinajstić information content (AvgIpc) is 3.25. The van der Waals surface area contributed by atoms with Gasteiger partial charge in [0.2, 0.25) is 0 Å². The number of halogens is 1. The molecule has 2 aromatic heterocycles. The van der Waals surface area contributed by atoms with E-state index in [0.717, 1.165) is 44.3 Å². The third-order valence-corrected chi connectivity index (χ3v) is 6.09. The molecule has 1 saturated heterocycles. The lowest BCUT2D eigenvalue weighted by Crippen LogP contribution is -2.22. The average molecular weight is 423 g/mol. The second kappa shape index (κ2) is 8.98. The molecule has 0 saturated carbocycles. The Bertz CT molecular complexity index is 1170. The number of H-pyrrole nitrogens is 1. The van der Waals surface area contributed by atoms with Gasteiger partial charge in [0, 0.05) is 25.1 Å². The Morgan fingerprint density at radius 1 is 1.23 bits per heavy atom. The summed E-state index contributed by atoms with van der Waals surface area (Å²) in [6.07, 6.45) is 8.55. The zero-order valence-electron chi connectivity index (χ0n) is 17.5. The Balaban J connectivity index is 0.000000152. The molecule has 1 amide bonds. The molecule has 162 valence electrons. The van der Waals surface area contributed by atoms with Crippen LogP contribution in [0.5, 0.6) is 0 Å². The normalized spacial score (nSPS) is 20.1. The van der Waals surface area contributed by atoms with E-state index < -0.39 is 5.91 Å². The first kappa shape index (κ1) is 21.2. The van der Waals surface area contributed by atoms with Crippen molar-refractivity contribution in [3.05, 3.63) is 75.1 Å². The number of ether oxygens (including phenoxy) is 1. The molecule has 2 aliphatic rings. The fourth-order valence-corrected chi connectivity index (χ4v) is 4.66. The molecule has 0 spiro atoms. The number of nitrogens with two attached hydrogens (primary N) is 1. The van der Waals surface area contributed by atoms with Crippen molar-refractivity contribution in [2.45, 2.75) is 51.0 Å². The number of nitrogens with zero attached hydrogens (tertiary/aromatic N) is 1. The lowest BCUT2D eigenvalue weighted by Gasteiger charge is -2.29. The van der Waals surface area contributed by atoms with E-state index >= 15 is 0 Å². The molecule has 0 radical (unpaired) electrons. The molecule has 3 heterocycles. The van der Waals surface area contributed by atoms with Crippen molar-refractivity contribution in [1.29, 1.82) is 0 Å². The first-order valence-corrected chi connectivity index (χ1v) is 10.6. The van der Waals surface area contributed by atoms with Gasteiger partial charge in [-0.3, -0.25) is 14.6 Å². The largest absolute Gasteiger partial charge is 0.378 e. The van der Waals surface area contributed by atoms with Gasteiger partial charge in [0.15, 0.2) is 5.43 Å². The zero-order valence-corrected chi connectivity index (χ0v) is 17.5. The van der Waals surface area contributed by atoms with E-state index in [0.29, 0.717) is 17.5 Å². The number of fused-ring (bicyclic) bond motifs is 2. The molecule has 1 aliphatic heterocycles. The highest BCUT2D eigenvalue weighted by molar-refractivity contribution is 6.03. The Kier molecular flexibility index (Phi) is 6.13. The maximum Gasteiger partial charge on any atom is 0.268 e. The van der Waals surface area contributed by atoms with Gasteiger partial charge in [-0.05, 0) is 73.8 Å². The van der Waals surface area contributed by atoms with Crippen LogP contribution in [0.4, 0.5) is 4.39 Å². The number of nitrogens with one attached hydrogen (secondary N) is 1. The third kappa shape index (κ3) is 4.37. The van der Waals surface area contributed by atoms with Crippen molar-refractivity contribution in [3.8, 4) is 0 Å². The standard InChI is InChI=1S/C15H19FO.C9H7N3O2/c1-10-9-11(7-8-17-10)12-5-6-15(16)14-4-2-3-13(12)14;10-9(14)8-7-5(1-3-12-8)11-4-2-6(7)13/h5-6,10-11H,2-4,7-9H2,1H3;1-4H,(H2,10,14)(H,11,13). The van der Waals surface area contributed by atoms with Gasteiger partial charge in [-0.1, -0.05) is 6.07 Å². The summed E-state index contributed by atoms with van der Waals surface area (Å²) < 4.78 is 19.3. The van der Waals surface area contributed by atoms with E-state index in [2.05, 4.69) is 16.9 Å². The summed E-state index contributed by atoms with van der Waals surface area (Å²) >= 11 is 0. The van der Waals surface area contributed by atoms with Crippen LogP contribution in [0.1, 0.15) is 59.3 Å².